The highest BCUT2D eigenvalue weighted by Gasteiger charge is 2.29. The van der Waals surface area contributed by atoms with Crippen molar-refractivity contribution in [1.82, 2.24) is 10.6 Å². The number of carbonyl (C=O) groups is 3. The summed E-state index contributed by atoms with van der Waals surface area (Å²) in [5.74, 6) is -1.62. The maximum Gasteiger partial charge on any atom is 0.408 e. The maximum absolute atomic E-state index is 12.6. The number of alkyl carbamates (subject to hydrolysis) is 1. The van der Waals surface area contributed by atoms with Crippen LogP contribution in [0.4, 0.5) is 4.79 Å². The van der Waals surface area contributed by atoms with Gasteiger partial charge in [-0.2, -0.15) is 5.26 Å². The third-order valence-electron chi connectivity index (χ3n) is 4.12. The smallest absolute Gasteiger partial charge is 0.408 e. The lowest BCUT2D eigenvalue weighted by molar-refractivity contribution is -0.129. The van der Waals surface area contributed by atoms with Crippen LogP contribution in [0, 0.1) is 23.2 Å². The summed E-state index contributed by atoms with van der Waals surface area (Å²) >= 11 is 0. The minimum atomic E-state index is -0.996. The van der Waals surface area contributed by atoms with Crippen molar-refractivity contribution >= 4 is 17.9 Å². The summed E-state index contributed by atoms with van der Waals surface area (Å²) in [5, 5.41) is 13.9. The van der Waals surface area contributed by atoms with Crippen LogP contribution < -0.4 is 16.4 Å². The van der Waals surface area contributed by atoms with Crippen LogP contribution in [-0.2, 0) is 20.9 Å². The Labute approximate surface area is 165 Å². The van der Waals surface area contributed by atoms with Crippen LogP contribution in [0.25, 0.3) is 0 Å². The number of primary amides is 1. The van der Waals surface area contributed by atoms with Gasteiger partial charge in [0, 0.05) is 6.42 Å². The molecule has 1 rings (SSSR count). The number of benzene rings is 1. The lowest BCUT2D eigenvalue weighted by Crippen LogP contribution is -2.55. The topological polar surface area (TPSA) is 134 Å². The van der Waals surface area contributed by atoms with Gasteiger partial charge in [-0.1, -0.05) is 51.1 Å². The second-order valence-corrected chi connectivity index (χ2v) is 7.12. The number of ether oxygens (including phenoxy) is 1. The van der Waals surface area contributed by atoms with Crippen LogP contribution in [0.1, 0.15) is 39.2 Å². The number of hydrogen-bond acceptors (Lipinski definition) is 5. The Morgan fingerprint density at radius 2 is 1.79 bits per heavy atom. The van der Waals surface area contributed by atoms with E-state index in [2.05, 4.69) is 10.6 Å². The summed E-state index contributed by atoms with van der Waals surface area (Å²) < 4.78 is 5.16. The van der Waals surface area contributed by atoms with E-state index in [0.29, 0.717) is 6.42 Å². The molecule has 152 valence electrons. The molecule has 3 amide bonds. The second-order valence-electron chi connectivity index (χ2n) is 7.12. The highest BCUT2D eigenvalue weighted by atomic mass is 16.5. The van der Waals surface area contributed by atoms with E-state index in [-0.39, 0.29) is 18.9 Å². The molecular formula is C20H28N4O4. The van der Waals surface area contributed by atoms with Gasteiger partial charge in [0.15, 0.2) is 0 Å². The Balaban J connectivity index is 2.74. The van der Waals surface area contributed by atoms with E-state index in [0.717, 1.165) is 5.56 Å². The molecule has 0 aliphatic rings. The molecule has 0 bridgehead atoms. The van der Waals surface area contributed by atoms with E-state index >= 15 is 0 Å². The normalized spacial score (nSPS) is 13.7. The fourth-order valence-electron chi connectivity index (χ4n) is 2.62. The summed E-state index contributed by atoms with van der Waals surface area (Å²) in [7, 11) is 0. The van der Waals surface area contributed by atoms with Crippen LogP contribution >= 0.6 is 0 Å². The number of hydrogen-bond donors (Lipinski definition) is 3. The average Bonchev–Trinajstić information content (AvgIpc) is 2.64. The van der Waals surface area contributed by atoms with E-state index in [1.165, 1.54) is 0 Å². The van der Waals surface area contributed by atoms with Gasteiger partial charge >= 0.3 is 6.09 Å². The molecule has 4 N–H and O–H groups in total. The van der Waals surface area contributed by atoms with Gasteiger partial charge in [-0.25, -0.2) is 4.79 Å². The van der Waals surface area contributed by atoms with E-state index in [1.807, 2.05) is 50.2 Å². The average molecular weight is 388 g/mol. The monoisotopic (exact) mass is 388 g/mol. The van der Waals surface area contributed by atoms with Gasteiger partial charge in [0.1, 0.15) is 18.7 Å². The number of amides is 3. The molecule has 0 saturated heterocycles. The number of nitrogens with one attached hydrogen (secondary N) is 2. The number of rotatable bonds is 10. The van der Waals surface area contributed by atoms with Crippen LogP contribution in [-0.4, -0.2) is 30.0 Å². The molecule has 0 saturated carbocycles. The summed E-state index contributed by atoms with van der Waals surface area (Å²) in [6, 6.07) is 9.22. The van der Waals surface area contributed by atoms with Crippen molar-refractivity contribution in [3.8, 4) is 6.07 Å². The van der Waals surface area contributed by atoms with Crippen LogP contribution in [0.3, 0.4) is 0 Å². The van der Waals surface area contributed by atoms with E-state index in [4.69, 9.17) is 15.7 Å². The molecule has 0 aliphatic heterocycles. The Kier molecular flexibility index (Phi) is 9.51. The van der Waals surface area contributed by atoms with E-state index in [9.17, 15) is 14.4 Å². The Morgan fingerprint density at radius 3 is 2.32 bits per heavy atom. The van der Waals surface area contributed by atoms with Gasteiger partial charge in [-0.15, -0.1) is 0 Å². The summed E-state index contributed by atoms with van der Waals surface area (Å²) in [5.41, 5.74) is 6.18. The van der Waals surface area contributed by atoms with Crippen molar-refractivity contribution < 1.29 is 19.1 Å². The summed E-state index contributed by atoms with van der Waals surface area (Å²) in [6.07, 6.45) is -0.315. The van der Waals surface area contributed by atoms with Gasteiger partial charge < -0.3 is 21.1 Å². The van der Waals surface area contributed by atoms with Crippen LogP contribution in [0.15, 0.2) is 30.3 Å². The molecule has 0 spiro atoms. The molecular weight excluding hydrogens is 360 g/mol. The molecule has 8 nitrogen and oxygen atoms in total. The fourth-order valence-corrected chi connectivity index (χ4v) is 2.62. The predicted octanol–water partition coefficient (Wildman–Crippen LogP) is 1.85. The summed E-state index contributed by atoms with van der Waals surface area (Å²) in [4.78, 5) is 36.4. The highest BCUT2D eigenvalue weighted by molar-refractivity contribution is 5.90. The second kappa shape index (κ2) is 11.6. The molecule has 3 atom stereocenters. The lowest BCUT2D eigenvalue weighted by Gasteiger charge is -2.25. The predicted molar refractivity (Wildman–Crippen MR) is 104 cm³/mol. The van der Waals surface area contributed by atoms with Crippen LogP contribution in [0.2, 0.25) is 0 Å². The van der Waals surface area contributed by atoms with Crippen molar-refractivity contribution in [3.05, 3.63) is 35.9 Å². The molecule has 0 radical (unpaired) electrons. The number of nitrogens with two attached hydrogens (primary N) is 1. The first-order valence-corrected chi connectivity index (χ1v) is 9.18. The maximum atomic E-state index is 12.6. The van der Waals surface area contributed by atoms with E-state index < -0.39 is 35.9 Å². The molecule has 0 unspecified atom stereocenters. The summed E-state index contributed by atoms with van der Waals surface area (Å²) in [6.45, 7) is 5.53. The molecule has 28 heavy (non-hydrogen) atoms. The number of carbonyl (C=O) groups excluding carboxylic acids is 3. The zero-order valence-electron chi connectivity index (χ0n) is 16.5. The first-order valence-electron chi connectivity index (χ1n) is 9.18. The van der Waals surface area contributed by atoms with Crippen molar-refractivity contribution in [2.75, 3.05) is 0 Å². The minimum absolute atomic E-state index is 0.0648. The minimum Gasteiger partial charge on any atom is -0.445 e. The Bertz CT molecular complexity index is 700. The quantitative estimate of drug-likeness (QED) is 0.562. The fraction of sp³-hybridized carbons (Fsp3) is 0.500. The van der Waals surface area contributed by atoms with Crippen molar-refractivity contribution in [3.63, 3.8) is 0 Å². The van der Waals surface area contributed by atoms with Gasteiger partial charge in [0.05, 0.1) is 6.07 Å². The third-order valence-corrected chi connectivity index (χ3v) is 4.12. The molecule has 0 aromatic heterocycles. The molecule has 0 fully saturated rings. The highest BCUT2D eigenvalue weighted by Crippen LogP contribution is 2.10. The Morgan fingerprint density at radius 1 is 1.14 bits per heavy atom. The zero-order valence-corrected chi connectivity index (χ0v) is 16.5. The van der Waals surface area contributed by atoms with Gasteiger partial charge in [0.2, 0.25) is 11.8 Å². The molecule has 1 aromatic carbocycles. The number of nitrogens with zero attached hydrogens (tertiary/aromatic N) is 1. The first-order chi connectivity index (χ1) is 13.2. The lowest BCUT2D eigenvalue weighted by atomic mass is 9.97. The zero-order chi connectivity index (χ0) is 21.1. The largest absolute Gasteiger partial charge is 0.445 e. The Hall–Kier alpha value is -3.08. The molecule has 8 heteroatoms. The number of nitriles is 1. The van der Waals surface area contributed by atoms with E-state index in [1.54, 1.807) is 6.92 Å². The van der Waals surface area contributed by atoms with Gasteiger partial charge in [-0.3, -0.25) is 9.59 Å². The van der Waals surface area contributed by atoms with Crippen molar-refractivity contribution in [2.45, 2.75) is 52.3 Å². The molecule has 1 aromatic rings. The SMILES string of the molecule is CC(C)C[C@H](NC(=O)OCc1ccccc1)C(=O)N[C@H](C(N)=O)[C@@H](C)CC#N. The third kappa shape index (κ3) is 8.08. The molecule has 0 heterocycles. The van der Waals surface area contributed by atoms with Crippen LogP contribution in [0.5, 0.6) is 0 Å². The standard InChI is InChI=1S/C20H28N4O4/c1-13(2)11-16(19(26)24-17(18(22)25)14(3)9-10-21)23-20(27)28-12-15-7-5-4-6-8-15/h4-8,13-14,16-17H,9,11-12H2,1-3H3,(H2,22,25)(H,23,27)(H,24,26)/t14-,16-,17-/m0/s1. The first kappa shape index (κ1) is 23.0. The molecule has 0 aliphatic carbocycles. The van der Waals surface area contributed by atoms with Gasteiger partial charge in [0.25, 0.3) is 0 Å². The van der Waals surface area contributed by atoms with Gasteiger partial charge in [-0.05, 0) is 23.8 Å². The van der Waals surface area contributed by atoms with Crippen molar-refractivity contribution in [1.29, 1.82) is 5.26 Å². The van der Waals surface area contributed by atoms with Crippen molar-refractivity contribution in [2.24, 2.45) is 17.6 Å².